The molecule has 1 saturated carbocycles. The summed E-state index contributed by atoms with van der Waals surface area (Å²) in [6.45, 7) is 2.45. The van der Waals surface area contributed by atoms with Crippen molar-refractivity contribution in [2.24, 2.45) is 0 Å². The predicted molar refractivity (Wildman–Crippen MR) is 169 cm³/mol. The van der Waals surface area contributed by atoms with Crippen LogP contribution in [0.2, 0.25) is 0 Å². The summed E-state index contributed by atoms with van der Waals surface area (Å²) in [5.41, 5.74) is 0.0232. The normalized spacial score (nSPS) is 27.3. The summed E-state index contributed by atoms with van der Waals surface area (Å²) in [4.78, 5) is 45.3. The minimum atomic E-state index is -1.37. The van der Waals surface area contributed by atoms with Gasteiger partial charge in [0.25, 0.3) is 0 Å². The topological polar surface area (TPSA) is 106 Å². The Morgan fingerprint density at radius 1 is 1.17 bits per heavy atom. The Balaban J connectivity index is 1.26. The number of piperazine rings is 1. The smallest absolute Gasteiger partial charge is 0.334 e. The largest absolute Gasteiger partial charge is 0.508 e. The van der Waals surface area contributed by atoms with Gasteiger partial charge < -0.3 is 25.0 Å². The number of rotatable bonds is 9. The zero-order valence-corrected chi connectivity index (χ0v) is 25.8. The number of nitrogens with one attached hydrogen (secondary N) is 1. The number of carbonyl (C=O) groups excluding carboxylic acids is 3. The van der Waals surface area contributed by atoms with Gasteiger partial charge in [-0.2, -0.15) is 5.01 Å². The Hall–Kier alpha value is -4.66. The second-order valence-electron chi connectivity index (χ2n) is 12.4. The lowest BCUT2D eigenvalue weighted by Crippen LogP contribution is -2.77. The van der Waals surface area contributed by atoms with Gasteiger partial charge in [0, 0.05) is 25.4 Å². The summed E-state index contributed by atoms with van der Waals surface area (Å²) in [5, 5.41) is 15.9. The molecule has 2 unspecified atom stereocenters. The summed E-state index contributed by atoms with van der Waals surface area (Å²) in [7, 11) is 0. The Bertz CT molecular complexity index is 1590. The third-order valence-corrected chi connectivity index (χ3v) is 9.12. The van der Waals surface area contributed by atoms with E-state index in [0.717, 1.165) is 16.7 Å². The number of nitrogens with zero attached hydrogens (tertiary/aromatic N) is 4. The van der Waals surface area contributed by atoms with Gasteiger partial charge in [-0.05, 0) is 48.3 Å². The van der Waals surface area contributed by atoms with Crippen LogP contribution in [-0.2, 0) is 20.9 Å². The van der Waals surface area contributed by atoms with Gasteiger partial charge in [-0.3, -0.25) is 9.59 Å². The molecule has 2 heterocycles. The summed E-state index contributed by atoms with van der Waals surface area (Å²) >= 11 is 0. The number of ether oxygens (including phenoxy) is 1. The van der Waals surface area contributed by atoms with Gasteiger partial charge >= 0.3 is 6.03 Å². The molecule has 10 nitrogen and oxygen atoms in total. The van der Waals surface area contributed by atoms with Crippen LogP contribution in [0.1, 0.15) is 36.8 Å². The van der Waals surface area contributed by atoms with Crippen molar-refractivity contribution in [3.05, 3.63) is 89.5 Å². The number of alkyl halides is 1. The molecule has 4 atom stereocenters. The molecule has 11 heteroatoms. The molecular formula is C35H38FN5O5. The van der Waals surface area contributed by atoms with E-state index in [1.807, 2.05) is 36.4 Å². The number of hydrogen-bond donors (Lipinski definition) is 2. The Labute approximate surface area is 268 Å². The molecule has 2 saturated heterocycles. The maximum Gasteiger partial charge on any atom is 0.334 e. The predicted octanol–water partition coefficient (Wildman–Crippen LogP) is 3.32. The maximum atomic E-state index is 14.3. The first-order chi connectivity index (χ1) is 22.1. The number of hydrazine groups is 1. The molecule has 2 aliphatic carbocycles. The number of phenols is 1. The van der Waals surface area contributed by atoms with Gasteiger partial charge in [0.2, 0.25) is 11.8 Å². The lowest BCUT2D eigenvalue weighted by Gasteiger charge is -2.55. The molecule has 0 bridgehead atoms. The molecule has 0 aromatic heterocycles. The van der Waals surface area contributed by atoms with E-state index in [9.17, 15) is 23.9 Å². The Morgan fingerprint density at radius 3 is 2.63 bits per heavy atom. The summed E-state index contributed by atoms with van der Waals surface area (Å²) < 4.78 is 20.0. The van der Waals surface area contributed by atoms with Crippen LogP contribution < -0.4 is 5.32 Å². The fourth-order valence-corrected chi connectivity index (χ4v) is 6.70. The quantitative estimate of drug-likeness (QED) is 0.327. The van der Waals surface area contributed by atoms with Crippen LogP contribution >= 0.6 is 0 Å². The molecule has 2 N–H and O–H groups in total. The number of benzene rings is 2. The first-order valence-corrected chi connectivity index (χ1v) is 15.5. The summed E-state index contributed by atoms with van der Waals surface area (Å²) in [6, 6.07) is 15.7. The standard InChI is InChI=1S/C35H38FN5O5/c1-3-17-39-23-31(43)40-30(41(39)33(45)37-21-25-7-5-4-6-8-25)22-38(18-19-46-24-26-13-15-34(2,36)16-14-26)32(44)35(40)20-29(35)27-9-11-28(42)12-10-27/h1,4-15,29-30,42H,16-24H2,2H3,(H,37,45)/t29-,30-,34?,35?/m0/s1. The van der Waals surface area contributed by atoms with Crippen molar-refractivity contribution < 1.29 is 28.6 Å². The zero-order chi connectivity index (χ0) is 32.5. The average Bonchev–Trinajstić information content (AvgIpc) is 3.77. The highest BCUT2D eigenvalue weighted by Gasteiger charge is 2.72. The van der Waals surface area contributed by atoms with Crippen LogP contribution in [0.4, 0.5) is 9.18 Å². The molecule has 2 aromatic carbocycles. The summed E-state index contributed by atoms with van der Waals surface area (Å²) in [5.74, 6) is 1.85. The van der Waals surface area contributed by atoms with E-state index in [1.54, 1.807) is 45.2 Å². The van der Waals surface area contributed by atoms with Crippen molar-refractivity contribution in [2.45, 2.75) is 49.6 Å². The van der Waals surface area contributed by atoms with Gasteiger partial charge in [0.1, 0.15) is 23.1 Å². The molecule has 4 amide bonds. The monoisotopic (exact) mass is 627 g/mol. The molecule has 2 aliphatic heterocycles. The second-order valence-corrected chi connectivity index (χ2v) is 12.4. The lowest BCUT2D eigenvalue weighted by molar-refractivity contribution is -0.192. The highest BCUT2D eigenvalue weighted by molar-refractivity contribution is 5.98. The SMILES string of the molecule is C#CCN1CC(=O)N2[C@H](CN(CCOCC3=CCC(C)(F)C=C3)C(=O)C23C[C@H]3c2ccc(O)cc2)N1C(=O)NCc1ccccc1. The molecular weight excluding hydrogens is 589 g/mol. The van der Waals surface area contributed by atoms with Crippen LogP contribution in [0.15, 0.2) is 78.4 Å². The van der Waals surface area contributed by atoms with Crippen LogP contribution in [0.3, 0.4) is 0 Å². The molecule has 240 valence electrons. The van der Waals surface area contributed by atoms with E-state index in [1.165, 1.54) is 18.0 Å². The fourth-order valence-electron chi connectivity index (χ4n) is 6.70. The molecule has 4 aliphatic rings. The molecule has 0 radical (unpaired) electrons. The van der Waals surface area contributed by atoms with E-state index in [4.69, 9.17) is 11.2 Å². The first-order valence-electron chi connectivity index (χ1n) is 15.5. The minimum absolute atomic E-state index is 0.0286. The number of aromatic hydroxyl groups is 1. The average molecular weight is 628 g/mol. The van der Waals surface area contributed by atoms with E-state index in [2.05, 4.69) is 11.2 Å². The zero-order valence-electron chi connectivity index (χ0n) is 25.8. The minimum Gasteiger partial charge on any atom is -0.508 e. The Morgan fingerprint density at radius 2 is 1.93 bits per heavy atom. The molecule has 1 spiro atoms. The van der Waals surface area contributed by atoms with Crippen molar-refractivity contribution >= 4 is 17.8 Å². The van der Waals surface area contributed by atoms with Crippen LogP contribution in [-0.4, -0.2) is 99.5 Å². The van der Waals surface area contributed by atoms with Gasteiger partial charge in [0.05, 0.1) is 32.8 Å². The van der Waals surface area contributed by atoms with Crippen molar-refractivity contribution in [3.8, 4) is 18.1 Å². The van der Waals surface area contributed by atoms with Gasteiger partial charge in [-0.15, -0.1) is 6.42 Å². The molecule has 2 aromatic rings. The maximum absolute atomic E-state index is 14.3. The molecule has 46 heavy (non-hydrogen) atoms. The summed E-state index contributed by atoms with van der Waals surface area (Å²) in [6.07, 6.45) is 10.6. The number of urea groups is 1. The highest BCUT2D eigenvalue weighted by Crippen LogP contribution is 2.59. The van der Waals surface area contributed by atoms with Crippen LogP contribution in [0.25, 0.3) is 0 Å². The highest BCUT2D eigenvalue weighted by atomic mass is 19.1. The number of halogens is 1. The van der Waals surface area contributed by atoms with Crippen molar-refractivity contribution in [1.82, 2.24) is 25.1 Å². The van der Waals surface area contributed by atoms with Crippen LogP contribution in [0, 0.1) is 12.3 Å². The van der Waals surface area contributed by atoms with E-state index < -0.39 is 23.4 Å². The van der Waals surface area contributed by atoms with Gasteiger partial charge in [-0.25, -0.2) is 14.2 Å². The molecule has 3 fully saturated rings. The Kier molecular flexibility index (Phi) is 8.59. The number of hydrogen-bond acceptors (Lipinski definition) is 6. The van der Waals surface area contributed by atoms with E-state index in [-0.39, 0.29) is 75.8 Å². The number of allylic oxidation sites excluding steroid dienone is 2. The second kappa shape index (κ2) is 12.6. The third-order valence-electron chi connectivity index (χ3n) is 9.12. The number of carbonyl (C=O) groups is 3. The van der Waals surface area contributed by atoms with Gasteiger partial charge in [-0.1, -0.05) is 60.5 Å². The fraction of sp³-hybridized carbons (Fsp3) is 0.400. The molecule has 6 rings (SSSR count). The van der Waals surface area contributed by atoms with Crippen molar-refractivity contribution in [3.63, 3.8) is 0 Å². The lowest BCUT2D eigenvalue weighted by atomic mass is 9.96. The number of phenolic OH excluding ortho intramolecular Hbond substituents is 1. The van der Waals surface area contributed by atoms with Gasteiger partial charge in [0.15, 0.2) is 0 Å². The number of fused-ring (bicyclic) bond motifs is 2. The van der Waals surface area contributed by atoms with E-state index in [0.29, 0.717) is 6.42 Å². The number of amides is 4. The van der Waals surface area contributed by atoms with Crippen LogP contribution in [0.5, 0.6) is 5.75 Å². The van der Waals surface area contributed by atoms with Crippen molar-refractivity contribution in [1.29, 1.82) is 0 Å². The number of terminal acetylenes is 1. The first kappa shape index (κ1) is 31.3. The van der Waals surface area contributed by atoms with Crippen molar-refractivity contribution in [2.75, 3.05) is 39.4 Å². The third kappa shape index (κ3) is 6.10. The van der Waals surface area contributed by atoms with E-state index >= 15 is 0 Å².